The lowest BCUT2D eigenvalue weighted by atomic mass is 10.2. The van der Waals surface area contributed by atoms with E-state index in [1.54, 1.807) is 16.8 Å². The van der Waals surface area contributed by atoms with Gasteiger partial charge in [-0.15, -0.1) is 0 Å². The van der Waals surface area contributed by atoms with Gasteiger partial charge < -0.3 is 20.7 Å². The van der Waals surface area contributed by atoms with Gasteiger partial charge in [-0.05, 0) is 12.8 Å². The van der Waals surface area contributed by atoms with E-state index in [1.165, 1.54) is 0 Å². The van der Waals surface area contributed by atoms with Gasteiger partial charge in [-0.25, -0.2) is 4.79 Å². The molecular formula is C11H24N4O2. The molecule has 2 amide bonds. The quantitative estimate of drug-likeness (QED) is 0.318. The molecular weight excluding hydrogens is 220 g/mol. The van der Waals surface area contributed by atoms with E-state index in [0.29, 0.717) is 32.0 Å². The number of carbonyl (C=O) groups excluding carboxylic acids is 1. The van der Waals surface area contributed by atoms with Crippen molar-refractivity contribution in [1.82, 2.24) is 9.80 Å². The number of carbonyl (C=O) groups is 1. The first-order valence-corrected chi connectivity index (χ1v) is 5.88. The van der Waals surface area contributed by atoms with Crippen LogP contribution >= 0.6 is 0 Å². The van der Waals surface area contributed by atoms with Crippen LogP contribution < -0.4 is 5.73 Å². The molecule has 0 rings (SSSR count). The SMILES string of the molecule is CCN(C)C(=O)N(CCC(N)=NO)CC(C)C. The number of nitrogens with zero attached hydrogens (tertiary/aromatic N) is 3. The number of hydrogen-bond acceptors (Lipinski definition) is 3. The van der Waals surface area contributed by atoms with Crippen LogP contribution in [0.3, 0.4) is 0 Å². The fraction of sp³-hybridized carbons (Fsp3) is 0.818. The van der Waals surface area contributed by atoms with Crippen molar-refractivity contribution in [2.45, 2.75) is 27.2 Å². The molecule has 0 aromatic carbocycles. The minimum Gasteiger partial charge on any atom is -0.409 e. The zero-order chi connectivity index (χ0) is 13.4. The molecule has 0 bridgehead atoms. The van der Waals surface area contributed by atoms with Gasteiger partial charge in [-0.1, -0.05) is 19.0 Å². The lowest BCUT2D eigenvalue weighted by molar-refractivity contribution is 0.160. The van der Waals surface area contributed by atoms with Crippen LogP contribution in [0.25, 0.3) is 0 Å². The van der Waals surface area contributed by atoms with Crippen molar-refractivity contribution in [3.8, 4) is 0 Å². The number of rotatable bonds is 6. The van der Waals surface area contributed by atoms with Gasteiger partial charge in [0.15, 0.2) is 0 Å². The molecule has 0 aliphatic heterocycles. The molecule has 0 aromatic rings. The Labute approximate surface area is 103 Å². The van der Waals surface area contributed by atoms with Crippen LogP contribution in [-0.4, -0.2) is 53.6 Å². The number of amides is 2. The second kappa shape index (κ2) is 7.76. The number of hydrogen-bond donors (Lipinski definition) is 2. The summed E-state index contributed by atoms with van der Waals surface area (Å²) >= 11 is 0. The van der Waals surface area contributed by atoms with Gasteiger partial charge in [0.2, 0.25) is 0 Å². The lowest BCUT2D eigenvalue weighted by Gasteiger charge is -2.28. The van der Waals surface area contributed by atoms with Gasteiger partial charge in [0, 0.05) is 33.1 Å². The molecule has 0 fully saturated rings. The average molecular weight is 244 g/mol. The molecule has 0 aromatic heterocycles. The van der Waals surface area contributed by atoms with Crippen LogP contribution in [0.1, 0.15) is 27.2 Å². The molecule has 0 atom stereocenters. The first kappa shape index (κ1) is 15.5. The summed E-state index contributed by atoms with van der Waals surface area (Å²) in [7, 11) is 1.76. The summed E-state index contributed by atoms with van der Waals surface area (Å²) in [4.78, 5) is 15.4. The second-order valence-electron chi connectivity index (χ2n) is 4.48. The summed E-state index contributed by atoms with van der Waals surface area (Å²) in [6.07, 6.45) is 0.381. The highest BCUT2D eigenvalue weighted by Gasteiger charge is 2.17. The first-order chi connectivity index (χ1) is 7.92. The van der Waals surface area contributed by atoms with Gasteiger partial charge in [-0.3, -0.25) is 0 Å². The largest absolute Gasteiger partial charge is 0.409 e. The van der Waals surface area contributed by atoms with Crippen LogP contribution in [0.5, 0.6) is 0 Å². The first-order valence-electron chi connectivity index (χ1n) is 5.88. The average Bonchev–Trinajstić information content (AvgIpc) is 2.31. The molecule has 6 heteroatoms. The minimum atomic E-state index is -0.0214. The Morgan fingerprint density at radius 2 is 2.06 bits per heavy atom. The van der Waals surface area contributed by atoms with Crippen molar-refractivity contribution < 1.29 is 10.0 Å². The van der Waals surface area contributed by atoms with E-state index in [-0.39, 0.29) is 11.9 Å². The van der Waals surface area contributed by atoms with E-state index in [4.69, 9.17) is 10.9 Å². The highest BCUT2D eigenvalue weighted by molar-refractivity contribution is 5.80. The molecule has 0 spiro atoms. The Kier molecular flexibility index (Phi) is 7.09. The maximum absolute atomic E-state index is 12.0. The van der Waals surface area contributed by atoms with Crippen molar-refractivity contribution in [1.29, 1.82) is 0 Å². The van der Waals surface area contributed by atoms with Crippen LogP contribution in [0.15, 0.2) is 5.16 Å². The highest BCUT2D eigenvalue weighted by atomic mass is 16.4. The predicted molar refractivity (Wildman–Crippen MR) is 68.1 cm³/mol. The molecule has 17 heavy (non-hydrogen) atoms. The van der Waals surface area contributed by atoms with Crippen LogP contribution in [0.2, 0.25) is 0 Å². The van der Waals surface area contributed by atoms with Gasteiger partial charge >= 0.3 is 6.03 Å². The number of oxime groups is 1. The zero-order valence-corrected chi connectivity index (χ0v) is 11.2. The third-order valence-electron chi connectivity index (χ3n) is 2.42. The van der Waals surface area contributed by atoms with E-state index < -0.39 is 0 Å². The summed E-state index contributed by atoms with van der Waals surface area (Å²) < 4.78 is 0. The van der Waals surface area contributed by atoms with Crippen molar-refractivity contribution in [3.63, 3.8) is 0 Å². The minimum absolute atomic E-state index is 0.0214. The summed E-state index contributed by atoms with van der Waals surface area (Å²) in [6.45, 7) is 7.83. The zero-order valence-electron chi connectivity index (χ0n) is 11.2. The topological polar surface area (TPSA) is 82.2 Å². The van der Waals surface area contributed by atoms with Crippen molar-refractivity contribution in [3.05, 3.63) is 0 Å². The van der Waals surface area contributed by atoms with E-state index in [9.17, 15) is 4.79 Å². The van der Waals surface area contributed by atoms with Gasteiger partial charge in [0.25, 0.3) is 0 Å². The number of amidine groups is 1. The molecule has 0 radical (unpaired) electrons. The Morgan fingerprint density at radius 1 is 1.47 bits per heavy atom. The number of urea groups is 1. The molecule has 6 nitrogen and oxygen atoms in total. The third kappa shape index (κ3) is 5.99. The van der Waals surface area contributed by atoms with Gasteiger partial charge in [-0.2, -0.15) is 0 Å². The van der Waals surface area contributed by atoms with Crippen molar-refractivity contribution >= 4 is 11.9 Å². The highest BCUT2D eigenvalue weighted by Crippen LogP contribution is 2.04. The Balaban J connectivity index is 4.47. The molecule has 0 heterocycles. The maximum atomic E-state index is 12.0. The Hall–Kier alpha value is -1.46. The fourth-order valence-electron chi connectivity index (χ4n) is 1.38. The lowest BCUT2D eigenvalue weighted by Crippen LogP contribution is -2.44. The fourth-order valence-corrected chi connectivity index (χ4v) is 1.38. The van der Waals surface area contributed by atoms with E-state index >= 15 is 0 Å². The normalized spacial score (nSPS) is 11.7. The Morgan fingerprint density at radius 3 is 2.47 bits per heavy atom. The van der Waals surface area contributed by atoms with Crippen molar-refractivity contribution in [2.75, 3.05) is 26.7 Å². The molecule has 0 saturated carbocycles. The Bertz CT molecular complexity index is 266. The summed E-state index contributed by atoms with van der Waals surface area (Å²) in [5.74, 6) is 0.530. The molecule has 0 saturated heterocycles. The van der Waals surface area contributed by atoms with Crippen LogP contribution in [-0.2, 0) is 0 Å². The molecule has 100 valence electrons. The maximum Gasteiger partial charge on any atom is 0.319 e. The van der Waals surface area contributed by atoms with E-state index in [1.807, 2.05) is 6.92 Å². The monoisotopic (exact) mass is 244 g/mol. The predicted octanol–water partition coefficient (Wildman–Crippen LogP) is 1.15. The van der Waals surface area contributed by atoms with Crippen molar-refractivity contribution in [2.24, 2.45) is 16.8 Å². The summed E-state index contributed by atoms with van der Waals surface area (Å²) in [6, 6.07) is -0.0214. The standard InChI is InChI=1S/C11H24N4O2/c1-5-14(4)11(16)15(8-9(2)3)7-6-10(12)13-17/h9,17H,5-8H2,1-4H3,(H2,12,13). The molecule has 0 aliphatic rings. The van der Waals surface area contributed by atoms with Gasteiger partial charge in [0.05, 0.1) is 0 Å². The van der Waals surface area contributed by atoms with E-state index in [0.717, 1.165) is 0 Å². The molecule has 0 aliphatic carbocycles. The smallest absolute Gasteiger partial charge is 0.319 e. The van der Waals surface area contributed by atoms with Crippen LogP contribution in [0, 0.1) is 5.92 Å². The van der Waals surface area contributed by atoms with Crippen LogP contribution in [0.4, 0.5) is 4.79 Å². The molecule has 0 unspecified atom stereocenters. The number of nitrogens with two attached hydrogens (primary N) is 1. The third-order valence-corrected chi connectivity index (χ3v) is 2.42. The van der Waals surface area contributed by atoms with E-state index in [2.05, 4.69) is 19.0 Å². The summed E-state index contributed by atoms with van der Waals surface area (Å²) in [5, 5.41) is 11.4. The summed E-state index contributed by atoms with van der Waals surface area (Å²) in [5.41, 5.74) is 5.41. The second-order valence-corrected chi connectivity index (χ2v) is 4.48. The van der Waals surface area contributed by atoms with Gasteiger partial charge in [0.1, 0.15) is 5.84 Å². The molecule has 3 N–H and O–H groups in total.